The van der Waals surface area contributed by atoms with E-state index in [9.17, 15) is 4.79 Å². The molecule has 7 heteroatoms. The number of nitrogens with zero attached hydrogens (tertiary/aromatic N) is 3. The number of carboxylic acids is 1. The van der Waals surface area contributed by atoms with Gasteiger partial charge >= 0.3 is 5.97 Å². The molecule has 0 unspecified atom stereocenters. The number of halogens is 1. The van der Waals surface area contributed by atoms with Crippen molar-refractivity contribution in [2.45, 2.75) is 0 Å². The molecule has 0 saturated heterocycles. The Morgan fingerprint density at radius 2 is 2.31 bits per heavy atom. The molecule has 82 valence electrons. The van der Waals surface area contributed by atoms with Crippen molar-refractivity contribution in [1.82, 2.24) is 14.8 Å². The smallest absolute Gasteiger partial charge is 0.358 e. The lowest BCUT2D eigenvalue weighted by molar-refractivity contribution is 0.0691. The summed E-state index contributed by atoms with van der Waals surface area (Å²) in [4.78, 5) is 14.6. The maximum atomic E-state index is 10.8. The Hall–Kier alpha value is -2.08. The van der Waals surface area contributed by atoms with Crippen molar-refractivity contribution in [1.29, 1.82) is 0 Å². The van der Waals surface area contributed by atoms with Gasteiger partial charge in [0.15, 0.2) is 5.69 Å². The Kier molecular flexibility index (Phi) is 2.49. The quantitative estimate of drug-likeness (QED) is 0.820. The first-order chi connectivity index (χ1) is 7.59. The van der Waals surface area contributed by atoms with Gasteiger partial charge in [0, 0.05) is 12.4 Å². The lowest BCUT2D eigenvalue weighted by Gasteiger charge is -2.01. The number of hydrogen-bond acceptors (Lipinski definition) is 4. The number of hydrogen-bond donors (Lipinski definition) is 2. The molecule has 0 aromatic carbocycles. The summed E-state index contributed by atoms with van der Waals surface area (Å²) < 4.78 is 1.31. The van der Waals surface area contributed by atoms with Crippen LogP contribution in [0.5, 0.6) is 0 Å². The fourth-order valence-corrected chi connectivity index (χ4v) is 1.44. The van der Waals surface area contributed by atoms with Crippen LogP contribution in [0.15, 0.2) is 24.7 Å². The summed E-state index contributed by atoms with van der Waals surface area (Å²) in [5.74, 6) is -1.18. The van der Waals surface area contributed by atoms with Crippen molar-refractivity contribution < 1.29 is 9.90 Å². The van der Waals surface area contributed by atoms with Crippen LogP contribution >= 0.6 is 11.6 Å². The molecule has 0 saturated carbocycles. The van der Waals surface area contributed by atoms with Gasteiger partial charge < -0.3 is 10.8 Å². The van der Waals surface area contributed by atoms with Crippen LogP contribution < -0.4 is 5.73 Å². The SMILES string of the molecule is Nc1cn(-c2ccncc2Cl)nc1C(=O)O. The lowest BCUT2D eigenvalue weighted by Crippen LogP contribution is -2.02. The van der Waals surface area contributed by atoms with Crippen LogP contribution in [0.3, 0.4) is 0 Å². The zero-order valence-corrected chi connectivity index (χ0v) is 8.72. The molecule has 6 nitrogen and oxygen atoms in total. The van der Waals surface area contributed by atoms with Crippen molar-refractivity contribution in [2.75, 3.05) is 5.73 Å². The van der Waals surface area contributed by atoms with Crippen molar-refractivity contribution in [3.8, 4) is 5.69 Å². The first-order valence-electron chi connectivity index (χ1n) is 4.28. The van der Waals surface area contributed by atoms with Gasteiger partial charge in [-0.3, -0.25) is 4.98 Å². The first kappa shape index (κ1) is 10.4. The van der Waals surface area contributed by atoms with E-state index >= 15 is 0 Å². The third-order valence-corrected chi connectivity index (χ3v) is 2.23. The molecule has 2 heterocycles. The Balaban J connectivity index is 2.54. The maximum absolute atomic E-state index is 10.8. The summed E-state index contributed by atoms with van der Waals surface area (Å²) in [7, 11) is 0. The Labute approximate surface area is 95.3 Å². The van der Waals surface area contributed by atoms with Crippen molar-refractivity contribution in [3.05, 3.63) is 35.4 Å². The predicted molar refractivity (Wildman–Crippen MR) is 57.7 cm³/mol. The third-order valence-electron chi connectivity index (χ3n) is 1.94. The van der Waals surface area contributed by atoms with Crippen molar-refractivity contribution >= 4 is 23.3 Å². The zero-order chi connectivity index (χ0) is 11.7. The Morgan fingerprint density at radius 1 is 1.56 bits per heavy atom. The van der Waals surface area contributed by atoms with Gasteiger partial charge in [0.1, 0.15) is 0 Å². The van der Waals surface area contributed by atoms with Gasteiger partial charge in [0.2, 0.25) is 0 Å². The lowest BCUT2D eigenvalue weighted by atomic mass is 10.4. The highest BCUT2D eigenvalue weighted by Crippen LogP contribution is 2.20. The number of pyridine rings is 1. The fraction of sp³-hybridized carbons (Fsp3) is 0. The van der Waals surface area contributed by atoms with Gasteiger partial charge in [-0.05, 0) is 6.07 Å². The molecule has 0 atom stereocenters. The van der Waals surface area contributed by atoms with Gasteiger partial charge in [-0.1, -0.05) is 11.6 Å². The third kappa shape index (κ3) is 1.70. The number of nitrogen functional groups attached to an aromatic ring is 1. The van der Waals surface area contributed by atoms with E-state index in [2.05, 4.69) is 10.1 Å². The van der Waals surface area contributed by atoms with Crippen LogP contribution in [0.4, 0.5) is 5.69 Å². The fourth-order valence-electron chi connectivity index (χ4n) is 1.23. The number of carboxylic acid groups (broad SMARTS) is 1. The van der Waals surface area contributed by atoms with Gasteiger partial charge in [0.05, 0.1) is 22.6 Å². The number of anilines is 1. The van der Waals surface area contributed by atoms with Crippen molar-refractivity contribution in [3.63, 3.8) is 0 Å². The highest BCUT2D eigenvalue weighted by atomic mass is 35.5. The summed E-state index contributed by atoms with van der Waals surface area (Å²) in [6, 6.07) is 1.61. The van der Waals surface area contributed by atoms with Crippen LogP contribution in [0, 0.1) is 0 Å². The summed E-state index contributed by atoms with van der Waals surface area (Å²) in [6.45, 7) is 0. The molecule has 0 bridgehead atoms. The standard InChI is InChI=1S/C9H7ClN4O2/c10-5-3-12-2-1-7(5)14-4-6(11)8(13-14)9(15)16/h1-4H,11H2,(H,15,16). The number of aromatic carboxylic acids is 1. The van der Waals surface area contributed by atoms with E-state index in [4.69, 9.17) is 22.4 Å². The molecule has 0 aliphatic carbocycles. The Bertz CT molecular complexity index is 552. The van der Waals surface area contributed by atoms with Crippen LogP contribution in [-0.2, 0) is 0 Å². The number of rotatable bonds is 2. The largest absolute Gasteiger partial charge is 0.476 e. The molecule has 0 fully saturated rings. The minimum Gasteiger partial charge on any atom is -0.476 e. The van der Waals surface area contributed by atoms with Crippen LogP contribution in [0.2, 0.25) is 5.02 Å². The second kappa shape index (κ2) is 3.82. The predicted octanol–water partition coefficient (Wildman–Crippen LogP) is 1.20. The number of carbonyl (C=O) groups is 1. The second-order valence-electron chi connectivity index (χ2n) is 3.01. The van der Waals surface area contributed by atoms with Crippen LogP contribution in [-0.4, -0.2) is 25.8 Å². The van der Waals surface area contributed by atoms with E-state index in [0.29, 0.717) is 10.7 Å². The average Bonchev–Trinajstić information content (AvgIpc) is 2.61. The molecule has 0 aliphatic heterocycles. The van der Waals surface area contributed by atoms with E-state index in [0.717, 1.165) is 0 Å². The second-order valence-corrected chi connectivity index (χ2v) is 3.42. The molecule has 0 spiro atoms. The van der Waals surface area contributed by atoms with E-state index in [-0.39, 0.29) is 11.4 Å². The van der Waals surface area contributed by atoms with E-state index in [1.807, 2.05) is 0 Å². The van der Waals surface area contributed by atoms with Crippen LogP contribution in [0.1, 0.15) is 10.5 Å². The molecular weight excluding hydrogens is 232 g/mol. The van der Waals surface area contributed by atoms with Crippen molar-refractivity contribution in [2.24, 2.45) is 0 Å². The normalized spacial score (nSPS) is 10.3. The monoisotopic (exact) mass is 238 g/mol. The molecule has 0 radical (unpaired) electrons. The average molecular weight is 239 g/mol. The minimum absolute atomic E-state index is 0.0837. The summed E-state index contributed by atoms with van der Waals surface area (Å²) >= 11 is 5.89. The van der Waals surface area contributed by atoms with Crippen LogP contribution in [0.25, 0.3) is 5.69 Å². The molecule has 0 aliphatic rings. The van der Waals surface area contributed by atoms with E-state index in [1.54, 1.807) is 6.07 Å². The first-order valence-corrected chi connectivity index (χ1v) is 4.65. The molecule has 0 amide bonds. The molecule has 2 aromatic heterocycles. The highest BCUT2D eigenvalue weighted by molar-refractivity contribution is 6.32. The molecule has 2 aromatic rings. The molecule has 3 N–H and O–H groups in total. The maximum Gasteiger partial charge on any atom is 0.358 e. The highest BCUT2D eigenvalue weighted by Gasteiger charge is 2.14. The van der Waals surface area contributed by atoms with Gasteiger partial charge in [0.25, 0.3) is 0 Å². The molecular formula is C9H7ClN4O2. The van der Waals surface area contributed by atoms with Gasteiger partial charge in [-0.15, -0.1) is 0 Å². The number of aromatic nitrogens is 3. The van der Waals surface area contributed by atoms with Gasteiger partial charge in [-0.25, -0.2) is 9.48 Å². The topological polar surface area (TPSA) is 94.0 Å². The zero-order valence-electron chi connectivity index (χ0n) is 7.96. The minimum atomic E-state index is -1.18. The molecule has 2 rings (SSSR count). The van der Waals surface area contributed by atoms with E-state index in [1.165, 1.54) is 23.3 Å². The van der Waals surface area contributed by atoms with E-state index < -0.39 is 5.97 Å². The molecule has 16 heavy (non-hydrogen) atoms. The Morgan fingerprint density at radius 3 is 2.88 bits per heavy atom. The van der Waals surface area contributed by atoms with Gasteiger partial charge in [-0.2, -0.15) is 5.10 Å². The number of nitrogens with two attached hydrogens (primary N) is 1. The summed E-state index contributed by atoms with van der Waals surface area (Å²) in [5.41, 5.74) is 5.91. The summed E-state index contributed by atoms with van der Waals surface area (Å²) in [5, 5.41) is 13.0. The summed E-state index contributed by atoms with van der Waals surface area (Å²) in [6.07, 6.45) is 4.36.